The van der Waals surface area contributed by atoms with Crippen molar-refractivity contribution in [3.8, 4) is 34.3 Å². The standard InChI is InChI=1S/C31H33N3O4/c1-7-34(24-16-17-25-26(18-24)37-19-36-25)30(35)27-28(20-10-14-23(15-11-20)33(5)6)38-29(32-27)21-8-12-22(13-9-21)31(2,3)4/h8-18H,7,19H2,1-6H3. The lowest BCUT2D eigenvalue weighted by Gasteiger charge is -2.20. The third-order valence-electron chi connectivity index (χ3n) is 6.70. The Kier molecular flexibility index (Phi) is 6.61. The Hall–Kier alpha value is -4.26. The van der Waals surface area contributed by atoms with Gasteiger partial charge in [0.05, 0.1) is 0 Å². The Morgan fingerprint density at radius 1 is 0.868 bits per heavy atom. The van der Waals surface area contributed by atoms with Gasteiger partial charge in [0.2, 0.25) is 12.7 Å². The minimum absolute atomic E-state index is 0.0296. The average Bonchev–Trinajstić information content (AvgIpc) is 3.56. The molecule has 0 N–H and O–H groups in total. The number of anilines is 2. The lowest BCUT2D eigenvalue weighted by molar-refractivity contribution is 0.0984. The lowest BCUT2D eigenvalue weighted by Crippen LogP contribution is -2.31. The summed E-state index contributed by atoms with van der Waals surface area (Å²) in [5.74, 6) is 1.88. The van der Waals surface area contributed by atoms with Crippen molar-refractivity contribution in [3.63, 3.8) is 0 Å². The number of hydrogen-bond donors (Lipinski definition) is 0. The summed E-state index contributed by atoms with van der Waals surface area (Å²) in [6.07, 6.45) is 0. The number of oxazole rings is 1. The zero-order chi connectivity index (χ0) is 27.0. The van der Waals surface area contributed by atoms with Gasteiger partial charge in [-0.15, -0.1) is 0 Å². The van der Waals surface area contributed by atoms with Crippen molar-refractivity contribution in [2.24, 2.45) is 0 Å². The zero-order valence-corrected chi connectivity index (χ0v) is 22.7. The summed E-state index contributed by atoms with van der Waals surface area (Å²) in [6, 6.07) is 21.6. The van der Waals surface area contributed by atoms with Crippen molar-refractivity contribution >= 4 is 17.3 Å². The first-order valence-electron chi connectivity index (χ1n) is 12.8. The van der Waals surface area contributed by atoms with Gasteiger partial charge in [-0.05, 0) is 66.4 Å². The molecule has 0 spiro atoms. The second-order valence-electron chi connectivity index (χ2n) is 10.6. The van der Waals surface area contributed by atoms with Gasteiger partial charge in [-0.25, -0.2) is 4.98 Å². The van der Waals surface area contributed by atoms with E-state index in [-0.39, 0.29) is 23.8 Å². The second kappa shape index (κ2) is 9.89. The monoisotopic (exact) mass is 511 g/mol. The van der Waals surface area contributed by atoms with Gasteiger partial charge in [0.25, 0.3) is 5.91 Å². The highest BCUT2D eigenvalue weighted by Crippen LogP contribution is 2.37. The number of fused-ring (bicyclic) bond motifs is 1. The van der Waals surface area contributed by atoms with Gasteiger partial charge in [-0.1, -0.05) is 32.9 Å². The zero-order valence-electron chi connectivity index (χ0n) is 22.7. The maximum absolute atomic E-state index is 14.0. The van der Waals surface area contributed by atoms with E-state index in [0.29, 0.717) is 35.4 Å². The third-order valence-corrected chi connectivity index (χ3v) is 6.70. The van der Waals surface area contributed by atoms with Gasteiger partial charge >= 0.3 is 0 Å². The molecule has 0 bridgehead atoms. The van der Waals surface area contributed by atoms with Crippen LogP contribution in [0.15, 0.2) is 71.1 Å². The smallest absolute Gasteiger partial charge is 0.280 e. The molecule has 2 heterocycles. The van der Waals surface area contributed by atoms with Crippen LogP contribution in [0.4, 0.5) is 11.4 Å². The molecule has 1 aromatic heterocycles. The van der Waals surface area contributed by atoms with E-state index in [1.165, 1.54) is 5.56 Å². The Bertz CT molecular complexity index is 1450. The summed E-state index contributed by atoms with van der Waals surface area (Å²) < 4.78 is 17.3. The number of aromatic nitrogens is 1. The fraction of sp³-hybridized carbons (Fsp3) is 0.290. The van der Waals surface area contributed by atoms with Gasteiger partial charge in [0.15, 0.2) is 23.0 Å². The van der Waals surface area contributed by atoms with Crippen LogP contribution in [-0.2, 0) is 5.41 Å². The van der Waals surface area contributed by atoms with E-state index in [9.17, 15) is 4.79 Å². The molecule has 0 radical (unpaired) electrons. The normalized spacial score (nSPS) is 12.5. The van der Waals surface area contributed by atoms with Gasteiger partial charge in [-0.3, -0.25) is 4.79 Å². The molecule has 1 aliphatic heterocycles. The molecule has 0 atom stereocenters. The van der Waals surface area contributed by atoms with Gasteiger partial charge in [0, 0.05) is 49.2 Å². The van der Waals surface area contributed by atoms with Crippen LogP contribution in [0, 0.1) is 0 Å². The van der Waals surface area contributed by atoms with Crippen molar-refractivity contribution in [2.45, 2.75) is 33.1 Å². The van der Waals surface area contributed by atoms with E-state index in [1.54, 1.807) is 4.90 Å². The van der Waals surface area contributed by atoms with E-state index in [2.05, 4.69) is 32.9 Å². The number of amides is 1. The predicted molar refractivity (Wildman–Crippen MR) is 150 cm³/mol. The minimum Gasteiger partial charge on any atom is -0.454 e. The maximum Gasteiger partial charge on any atom is 0.280 e. The van der Waals surface area contributed by atoms with E-state index in [4.69, 9.17) is 18.9 Å². The topological polar surface area (TPSA) is 68.0 Å². The van der Waals surface area contributed by atoms with Crippen molar-refractivity contribution in [1.29, 1.82) is 0 Å². The maximum atomic E-state index is 14.0. The summed E-state index contributed by atoms with van der Waals surface area (Å²) in [7, 11) is 3.98. The molecule has 3 aromatic carbocycles. The predicted octanol–water partition coefficient (Wildman–Crippen LogP) is 6.77. The van der Waals surface area contributed by atoms with Crippen LogP contribution in [0.5, 0.6) is 11.5 Å². The molecule has 0 aliphatic carbocycles. The summed E-state index contributed by atoms with van der Waals surface area (Å²) in [5, 5.41) is 0. The molecule has 0 saturated heterocycles. The highest BCUT2D eigenvalue weighted by molar-refractivity contribution is 6.08. The molecular weight excluding hydrogens is 478 g/mol. The minimum atomic E-state index is -0.251. The van der Waals surface area contributed by atoms with Crippen LogP contribution in [0.1, 0.15) is 43.7 Å². The summed E-state index contributed by atoms with van der Waals surface area (Å²) in [4.78, 5) is 22.4. The summed E-state index contributed by atoms with van der Waals surface area (Å²) in [6.45, 7) is 9.07. The van der Waals surface area contributed by atoms with E-state index >= 15 is 0 Å². The fourth-order valence-corrected chi connectivity index (χ4v) is 4.43. The molecule has 1 aliphatic rings. The first-order chi connectivity index (χ1) is 18.2. The number of rotatable bonds is 6. The number of carbonyl (C=O) groups excluding carboxylic acids is 1. The van der Waals surface area contributed by atoms with Gasteiger partial charge < -0.3 is 23.7 Å². The van der Waals surface area contributed by atoms with Crippen molar-refractivity contribution < 1.29 is 18.7 Å². The Morgan fingerprint density at radius 3 is 2.13 bits per heavy atom. The van der Waals surface area contributed by atoms with Crippen LogP contribution in [0.2, 0.25) is 0 Å². The van der Waals surface area contributed by atoms with Crippen molar-refractivity contribution in [2.75, 3.05) is 37.2 Å². The molecule has 5 rings (SSSR count). The molecule has 1 amide bonds. The van der Waals surface area contributed by atoms with E-state index < -0.39 is 0 Å². The fourth-order valence-electron chi connectivity index (χ4n) is 4.43. The number of nitrogens with zero attached hydrogens (tertiary/aromatic N) is 3. The number of benzene rings is 3. The van der Waals surface area contributed by atoms with Crippen LogP contribution in [0.3, 0.4) is 0 Å². The molecule has 4 aromatic rings. The highest BCUT2D eigenvalue weighted by Gasteiger charge is 2.28. The SMILES string of the molecule is CCN(C(=O)c1nc(-c2ccc(C(C)(C)C)cc2)oc1-c1ccc(N(C)C)cc1)c1ccc2c(c1)OCO2. The van der Waals surface area contributed by atoms with E-state index in [0.717, 1.165) is 16.8 Å². The lowest BCUT2D eigenvalue weighted by atomic mass is 9.87. The number of carbonyl (C=O) groups is 1. The molecule has 7 nitrogen and oxygen atoms in total. The summed E-state index contributed by atoms with van der Waals surface area (Å²) >= 11 is 0. The van der Waals surface area contributed by atoms with Gasteiger partial charge in [-0.2, -0.15) is 0 Å². The number of hydrogen-bond acceptors (Lipinski definition) is 6. The van der Waals surface area contributed by atoms with E-state index in [1.807, 2.05) is 80.5 Å². The Balaban J connectivity index is 1.57. The molecular formula is C31H33N3O4. The Labute approximate surface area is 223 Å². The Morgan fingerprint density at radius 2 is 1.50 bits per heavy atom. The molecule has 0 saturated carbocycles. The van der Waals surface area contributed by atoms with Crippen molar-refractivity contribution in [3.05, 3.63) is 78.0 Å². The van der Waals surface area contributed by atoms with Crippen LogP contribution < -0.4 is 19.3 Å². The third kappa shape index (κ3) is 4.84. The second-order valence-corrected chi connectivity index (χ2v) is 10.6. The molecule has 38 heavy (non-hydrogen) atoms. The first kappa shape index (κ1) is 25.4. The number of ether oxygens (including phenoxy) is 2. The largest absolute Gasteiger partial charge is 0.454 e. The highest BCUT2D eigenvalue weighted by atomic mass is 16.7. The molecule has 7 heteroatoms. The van der Waals surface area contributed by atoms with Crippen LogP contribution >= 0.6 is 0 Å². The van der Waals surface area contributed by atoms with Gasteiger partial charge in [0.1, 0.15) is 0 Å². The summed E-state index contributed by atoms with van der Waals surface area (Å²) in [5.41, 5.74) is 4.85. The first-order valence-corrected chi connectivity index (χ1v) is 12.8. The molecule has 196 valence electrons. The van der Waals surface area contributed by atoms with Crippen LogP contribution in [0.25, 0.3) is 22.8 Å². The molecule has 0 unspecified atom stereocenters. The average molecular weight is 512 g/mol. The quantitative estimate of drug-likeness (QED) is 0.285. The van der Waals surface area contributed by atoms with Crippen LogP contribution in [-0.4, -0.2) is 38.3 Å². The molecule has 0 fully saturated rings. The van der Waals surface area contributed by atoms with Crippen molar-refractivity contribution in [1.82, 2.24) is 4.98 Å².